The summed E-state index contributed by atoms with van der Waals surface area (Å²) in [5.41, 5.74) is 5.65. The van der Waals surface area contributed by atoms with Crippen molar-refractivity contribution in [1.29, 1.82) is 0 Å². The number of fused-ring (bicyclic) bond motifs is 1. The van der Waals surface area contributed by atoms with Crippen molar-refractivity contribution in [3.8, 4) is 5.75 Å². The summed E-state index contributed by atoms with van der Waals surface area (Å²) in [6.45, 7) is 7.69. The van der Waals surface area contributed by atoms with Crippen molar-refractivity contribution in [3.63, 3.8) is 0 Å². The van der Waals surface area contributed by atoms with Crippen LogP contribution in [0.25, 0.3) is 10.9 Å². The van der Waals surface area contributed by atoms with Crippen LogP contribution in [0, 0.1) is 20.8 Å². The Bertz CT molecular complexity index is 1110. The predicted octanol–water partition coefficient (Wildman–Crippen LogP) is 3.84. The van der Waals surface area contributed by atoms with Gasteiger partial charge in [-0.25, -0.2) is 4.98 Å². The van der Waals surface area contributed by atoms with Crippen molar-refractivity contribution in [3.05, 3.63) is 64.8 Å². The number of amides is 2. The van der Waals surface area contributed by atoms with Gasteiger partial charge in [0.25, 0.3) is 0 Å². The van der Waals surface area contributed by atoms with Crippen molar-refractivity contribution >= 4 is 28.4 Å². The third kappa shape index (κ3) is 4.59. The van der Waals surface area contributed by atoms with Crippen molar-refractivity contribution in [2.75, 3.05) is 18.5 Å². The van der Waals surface area contributed by atoms with Crippen LogP contribution < -0.4 is 15.0 Å². The average molecular weight is 405 g/mol. The van der Waals surface area contributed by atoms with Gasteiger partial charge >= 0.3 is 0 Å². The largest absolute Gasteiger partial charge is 0.487 e. The number of likely N-dealkylation sites (N-methyl/N-ethyl adjacent to an activating group) is 1. The first-order chi connectivity index (χ1) is 14.3. The molecule has 0 bridgehead atoms. The average Bonchev–Trinajstić information content (AvgIpc) is 2.71. The molecule has 0 aliphatic rings. The van der Waals surface area contributed by atoms with Gasteiger partial charge in [0.05, 0.1) is 6.54 Å². The fraction of sp³-hybridized carbons (Fsp3) is 0.292. The van der Waals surface area contributed by atoms with Crippen LogP contribution >= 0.6 is 0 Å². The minimum Gasteiger partial charge on any atom is -0.487 e. The third-order valence-corrected chi connectivity index (χ3v) is 5.22. The van der Waals surface area contributed by atoms with E-state index in [0.717, 1.165) is 44.7 Å². The summed E-state index contributed by atoms with van der Waals surface area (Å²) in [5.74, 6) is 0.318. The van der Waals surface area contributed by atoms with Crippen LogP contribution in [0.1, 0.15) is 29.3 Å². The lowest BCUT2D eigenvalue weighted by Gasteiger charge is -2.23. The highest BCUT2D eigenvalue weighted by Crippen LogP contribution is 2.29. The second kappa shape index (κ2) is 8.95. The zero-order valence-electron chi connectivity index (χ0n) is 18.1. The van der Waals surface area contributed by atoms with E-state index in [4.69, 9.17) is 4.74 Å². The van der Waals surface area contributed by atoms with Crippen LogP contribution in [0.3, 0.4) is 0 Å². The Morgan fingerprint density at radius 3 is 2.57 bits per heavy atom. The Morgan fingerprint density at radius 1 is 1.07 bits per heavy atom. The highest BCUT2D eigenvalue weighted by molar-refractivity contribution is 5.96. The maximum absolute atomic E-state index is 12.4. The molecule has 0 atom stereocenters. The van der Waals surface area contributed by atoms with Gasteiger partial charge in [0.2, 0.25) is 11.8 Å². The number of hydrogen-bond acceptors (Lipinski definition) is 4. The normalized spacial score (nSPS) is 10.7. The van der Waals surface area contributed by atoms with Crippen LogP contribution in [0.15, 0.2) is 42.5 Å². The predicted molar refractivity (Wildman–Crippen MR) is 119 cm³/mol. The Kier molecular flexibility index (Phi) is 6.35. The van der Waals surface area contributed by atoms with E-state index in [1.54, 1.807) is 11.9 Å². The molecule has 1 N–H and O–H groups in total. The first-order valence-corrected chi connectivity index (χ1v) is 9.87. The van der Waals surface area contributed by atoms with Crippen LogP contribution in [0.2, 0.25) is 0 Å². The van der Waals surface area contributed by atoms with E-state index in [9.17, 15) is 9.59 Å². The van der Waals surface area contributed by atoms with Crippen LogP contribution in [0.5, 0.6) is 5.75 Å². The molecule has 1 aromatic heterocycles. The number of ether oxygens (including phenoxy) is 1. The van der Waals surface area contributed by atoms with E-state index < -0.39 is 0 Å². The zero-order chi connectivity index (χ0) is 21.8. The van der Waals surface area contributed by atoms with Crippen molar-refractivity contribution in [1.82, 2.24) is 10.3 Å². The molecular weight excluding hydrogens is 378 g/mol. The molecule has 0 fully saturated rings. The lowest BCUT2D eigenvalue weighted by molar-refractivity contribution is -0.123. The number of aromatic nitrogens is 1. The number of carbonyl (C=O) groups excluding carboxylic acids is 2. The molecule has 3 rings (SSSR count). The molecule has 0 unspecified atom stereocenters. The van der Waals surface area contributed by atoms with Crippen LogP contribution in [0.4, 0.5) is 5.69 Å². The van der Waals surface area contributed by atoms with Gasteiger partial charge in [0.1, 0.15) is 17.9 Å². The van der Waals surface area contributed by atoms with E-state index in [1.165, 1.54) is 6.92 Å². The number of carbonyl (C=O) groups is 2. The van der Waals surface area contributed by atoms with Gasteiger partial charge in [-0.2, -0.15) is 0 Å². The number of rotatable bonds is 6. The topological polar surface area (TPSA) is 71.5 Å². The van der Waals surface area contributed by atoms with Gasteiger partial charge < -0.3 is 15.0 Å². The maximum atomic E-state index is 12.4. The van der Waals surface area contributed by atoms with E-state index in [0.29, 0.717) is 6.61 Å². The Balaban J connectivity index is 1.85. The molecular formula is C24H27N3O3. The Hall–Kier alpha value is -3.41. The molecule has 6 heteroatoms. The SMILES string of the molecule is CC(=O)NCC(=O)N(C)c1ccc(C)c(COc2cccc3ccc(C)nc23)c1C. The van der Waals surface area contributed by atoms with Crippen LogP contribution in [-0.2, 0) is 16.2 Å². The molecule has 156 valence electrons. The van der Waals surface area contributed by atoms with E-state index in [1.807, 2.05) is 63.2 Å². The molecule has 2 aromatic carbocycles. The first-order valence-electron chi connectivity index (χ1n) is 9.87. The smallest absolute Gasteiger partial charge is 0.246 e. The lowest BCUT2D eigenvalue weighted by Crippen LogP contribution is -2.37. The molecule has 0 radical (unpaired) electrons. The van der Waals surface area contributed by atoms with Gasteiger partial charge in [-0.05, 0) is 55.7 Å². The molecule has 3 aromatic rings. The minimum absolute atomic E-state index is 0.0357. The number of hydrogen-bond donors (Lipinski definition) is 1. The number of benzene rings is 2. The monoisotopic (exact) mass is 405 g/mol. The summed E-state index contributed by atoms with van der Waals surface area (Å²) >= 11 is 0. The highest BCUT2D eigenvalue weighted by Gasteiger charge is 2.17. The number of nitrogens with zero attached hydrogens (tertiary/aromatic N) is 2. The van der Waals surface area contributed by atoms with E-state index >= 15 is 0 Å². The summed E-state index contributed by atoms with van der Waals surface area (Å²) in [7, 11) is 1.71. The molecule has 6 nitrogen and oxygen atoms in total. The summed E-state index contributed by atoms with van der Waals surface area (Å²) in [6, 6.07) is 13.8. The number of aryl methyl sites for hydroxylation is 2. The summed E-state index contributed by atoms with van der Waals surface area (Å²) in [6.07, 6.45) is 0. The maximum Gasteiger partial charge on any atom is 0.246 e. The fourth-order valence-corrected chi connectivity index (χ4v) is 3.40. The number of nitrogens with one attached hydrogen (secondary N) is 1. The molecule has 0 aliphatic heterocycles. The number of anilines is 1. The van der Waals surface area contributed by atoms with Crippen LogP contribution in [-0.4, -0.2) is 30.4 Å². The minimum atomic E-state index is -0.231. The Morgan fingerprint density at radius 2 is 1.83 bits per heavy atom. The van der Waals surface area contributed by atoms with Crippen molar-refractivity contribution in [2.24, 2.45) is 0 Å². The number of pyridine rings is 1. The number of para-hydroxylation sites is 1. The molecule has 0 saturated carbocycles. The molecule has 1 heterocycles. The van der Waals surface area contributed by atoms with Gasteiger partial charge in [-0.1, -0.05) is 24.3 Å². The summed E-state index contributed by atoms with van der Waals surface area (Å²) in [4.78, 5) is 29.7. The fourth-order valence-electron chi connectivity index (χ4n) is 3.40. The second-order valence-corrected chi connectivity index (χ2v) is 7.44. The van der Waals surface area contributed by atoms with Gasteiger partial charge in [0, 0.05) is 30.7 Å². The highest BCUT2D eigenvalue weighted by atomic mass is 16.5. The molecule has 2 amide bonds. The summed E-state index contributed by atoms with van der Waals surface area (Å²) in [5, 5.41) is 3.58. The van der Waals surface area contributed by atoms with Crippen molar-refractivity contribution < 1.29 is 14.3 Å². The van der Waals surface area contributed by atoms with E-state index in [-0.39, 0.29) is 18.4 Å². The van der Waals surface area contributed by atoms with Crippen molar-refractivity contribution in [2.45, 2.75) is 34.3 Å². The van der Waals surface area contributed by atoms with Gasteiger partial charge in [0.15, 0.2) is 0 Å². The second-order valence-electron chi connectivity index (χ2n) is 7.44. The first kappa shape index (κ1) is 21.3. The quantitative estimate of drug-likeness (QED) is 0.676. The molecule has 0 saturated heterocycles. The molecule has 0 aliphatic carbocycles. The Labute approximate surface area is 176 Å². The third-order valence-electron chi connectivity index (χ3n) is 5.22. The lowest BCUT2D eigenvalue weighted by atomic mass is 10.0. The standard InChI is InChI=1S/C24H27N3O3/c1-15-9-12-21(27(5)23(29)13-25-18(4)28)17(3)20(15)14-30-22-8-6-7-19-11-10-16(2)26-24(19)22/h6-12H,13-14H2,1-5H3,(H,25,28). The summed E-state index contributed by atoms with van der Waals surface area (Å²) < 4.78 is 6.17. The van der Waals surface area contributed by atoms with E-state index in [2.05, 4.69) is 10.3 Å². The van der Waals surface area contributed by atoms with Gasteiger partial charge in [-0.3, -0.25) is 9.59 Å². The van der Waals surface area contributed by atoms with Gasteiger partial charge in [-0.15, -0.1) is 0 Å². The zero-order valence-corrected chi connectivity index (χ0v) is 18.1. The molecule has 0 spiro atoms. The molecule has 30 heavy (non-hydrogen) atoms.